The summed E-state index contributed by atoms with van der Waals surface area (Å²) in [6, 6.07) is 5.99. The lowest BCUT2D eigenvalue weighted by molar-refractivity contribution is -0.514. The third-order valence-electron chi connectivity index (χ3n) is 8.49. The molecule has 3 heterocycles. The fourth-order valence-electron chi connectivity index (χ4n) is 7.44. The van der Waals surface area contributed by atoms with Gasteiger partial charge in [0.05, 0.1) is 19.0 Å². The van der Waals surface area contributed by atoms with Crippen LogP contribution in [-0.2, 0) is 16.6 Å². The van der Waals surface area contributed by atoms with E-state index in [0.717, 1.165) is 48.2 Å². The Labute approximate surface area is 195 Å². The summed E-state index contributed by atoms with van der Waals surface area (Å²) in [6.07, 6.45) is 10.7. The molecule has 0 aromatic carbocycles. The summed E-state index contributed by atoms with van der Waals surface area (Å²) in [6.45, 7) is 3.03. The first-order chi connectivity index (χ1) is 15.8. The van der Waals surface area contributed by atoms with Gasteiger partial charge in [0, 0.05) is 31.7 Å². The molecule has 1 aliphatic heterocycles. The van der Waals surface area contributed by atoms with E-state index in [1.165, 1.54) is 29.8 Å². The van der Waals surface area contributed by atoms with Gasteiger partial charge in [0.25, 0.3) is 0 Å². The molecule has 9 heteroatoms. The molecular formula is C24H34N5O3S+. The number of carbonyl (C=O) groups is 1. The number of pyridine rings is 1. The molecule has 1 saturated heterocycles. The normalized spacial score (nSPS) is 32.5. The van der Waals surface area contributed by atoms with Crippen molar-refractivity contribution in [1.82, 2.24) is 19.5 Å². The van der Waals surface area contributed by atoms with E-state index in [-0.39, 0.29) is 11.4 Å². The molecule has 2 aromatic heterocycles. The van der Waals surface area contributed by atoms with Crippen LogP contribution in [-0.4, -0.2) is 66.5 Å². The highest BCUT2D eigenvalue weighted by molar-refractivity contribution is 7.88. The number of carbonyl (C=O) groups excluding carboxylic acids is 1. The minimum absolute atomic E-state index is 0.00806. The Morgan fingerprint density at radius 1 is 1.09 bits per heavy atom. The maximum absolute atomic E-state index is 13.6. The maximum Gasteiger partial charge on any atom is 0.351 e. The molecule has 2 N–H and O–H groups in total. The van der Waals surface area contributed by atoms with Crippen LogP contribution in [0.2, 0.25) is 0 Å². The molecule has 5 fully saturated rings. The molecule has 7 rings (SSSR count). The molecule has 5 aliphatic rings. The van der Waals surface area contributed by atoms with Crippen LogP contribution in [0.25, 0.3) is 5.52 Å². The summed E-state index contributed by atoms with van der Waals surface area (Å²) >= 11 is 0. The average Bonchev–Trinajstić information content (AvgIpc) is 3.11. The minimum Gasteiger partial charge on any atom is -0.340 e. The summed E-state index contributed by atoms with van der Waals surface area (Å²) < 4.78 is 27.1. The molecule has 1 amide bonds. The molecule has 33 heavy (non-hydrogen) atoms. The largest absolute Gasteiger partial charge is 0.351 e. The maximum atomic E-state index is 13.6. The summed E-state index contributed by atoms with van der Waals surface area (Å²) in [5, 5.41) is 3.49. The number of fused-ring (bicyclic) bond motifs is 1. The Hall–Kier alpha value is -1.97. The van der Waals surface area contributed by atoms with Crippen molar-refractivity contribution < 1.29 is 17.6 Å². The Morgan fingerprint density at radius 3 is 2.33 bits per heavy atom. The van der Waals surface area contributed by atoms with Gasteiger partial charge in [-0.1, -0.05) is 6.07 Å². The van der Waals surface area contributed by atoms with Crippen LogP contribution in [0.15, 0.2) is 24.4 Å². The molecule has 178 valence electrons. The lowest BCUT2D eigenvalue weighted by Gasteiger charge is -2.56. The number of rotatable bonds is 5. The predicted molar refractivity (Wildman–Crippen MR) is 124 cm³/mol. The van der Waals surface area contributed by atoms with Crippen LogP contribution in [0, 0.1) is 17.8 Å². The topological polar surface area (TPSA) is 89.6 Å². The summed E-state index contributed by atoms with van der Waals surface area (Å²) in [7, 11) is -3.14. The van der Waals surface area contributed by atoms with Gasteiger partial charge in [-0.2, -0.15) is 8.71 Å². The lowest BCUT2D eigenvalue weighted by atomic mass is 9.53. The fraction of sp³-hybridized carbons (Fsp3) is 0.667. The molecular weight excluding hydrogens is 438 g/mol. The van der Waals surface area contributed by atoms with E-state index in [2.05, 4.69) is 15.2 Å². The van der Waals surface area contributed by atoms with Gasteiger partial charge in [-0.15, -0.1) is 0 Å². The number of aromatic amines is 1. The number of imidazole rings is 1. The molecule has 0 radical (unpaired) electrons. The van der Waals surface area contributed by atoms with Crippen LogP contribution in [0.3, 0.4) is 0 Å². The summed E-state index contributed by atoms with van der Waals surface area (Å²) in [4.78, 5) is 19.2. The van der Waals surface area contributed by atoms with Crippen molar-refractivity contribution in [3.63, 3.8) is 0 Å². The second-order valence-corrected chi connectivity index (χ2v) is 13.0. The van der Waals surface area contributed by atoms with Crippen LogP contribution < -0.4 is 9.72 Å². The number of hydrogen-bond acceptors (Lipinski definition) is 4. The molecule has 0 spiro atoms. The number of hydrogen-bond donors (Lipinski definition) is 2. The first kappa shape index (κ1) is 21.6. The lowest BCUT2D eigenvalue weighted by Crippen LogP contribution is -2.60. The fourth-order valence-corrected chi connectivity index (χ4v) is 8.27. The number of aromatic nitrogens is 2. The van der Waals surface area contributed by atoms with Gasteiger partial charge < -0.3 is 5.32 Å². The van der Waals surface area contributed by atoms with Gasteiger partial charge in [0.1, 0.15) is 0 Å². The number of nitrogens with zero attached hydrogens (tertiary/aromatic N) is 3. The smallest absolute Gasteiger partial charge is 0.340 e. The van der Waals surface area contributed by atoms with E-state index < -0.39 is 10.0 Å². The van der Waals surface area contributed by atoms with E-state index >= 15 is 0 Å². The van der Waals surface area contributed by atoms with Crippen molar-refractivity contribution in [3.05, 3.63) is 35.9 Å². The second kappa shape index (κ2) is 7.78. The standard InChI is InChI=1S/C24H33N5O3S/c1-33(31,32)28-8-6-27(7-9-28)16-20-21-4-2-3-5-29(21)22(25-20)23(30)26-24-13-17-10-18(14-24)12-19(11-17)15-24/h2-5,17-19H,6-16H2,1H3,(H,26,30)/p+1. The first-order valence-corrected chi connectivity index (χ1v) is 14.1. The first-order valence-electron chi connectivity index (χ1n) is 12.3. The third-order valence-corrected chi connectivity index (χ3v) is 9.80. The third kappa shape index (κ3) is 3.98. The molecule has 0 unspecified atom stereocenters. The van der Waals surface area contributed by atoms with Gasteiger partial charge in [-0.05, 0) is 68.4 Å². The molecule has 4 bridgehead atoms. The van der Waals surface area contributed by atoms with E-state index in [4.69, 9.17) is 0 Å². The van der Waals surface area contributed by atoms with Crippen molar-refractivity contribution in [2.75, 3.05) is 32.4 Å². The van der Waals surface area contributed by atoms with Gasteiger partial charge in [-0.25, -0.2) is 13.4 Å². The zero-order chi connectivity index (χ0) is 22.8. The zero-order valence-corrected chi connectivity index (χ0v) is 20.1. The van der Waals surface area contributed by atoms with Crippen LogP contribution in [0.4, 0.5) is 0 Å². The molecule has 2 aromatic rings. The number of amides is 1. The Kier molecular flexibility index (Phi) is 5.08. The van der Waals surface area contributed by atoms with Crippen molar-refractivity contribution in [2.24, 2.45) is 17.8 Å². The van der Waals surface area contributed by atoms with Crippen LogP contribution >= 0.6 is 0 Å². The zero-order valence-electron chi connectivity index (χ0n) is 19.3. The number of nitrogens with one attached hydrogen (secondary N) is 2. The van der Waals surface area contributed by atoms with E-state index in [1.807, 2.05) is 28.8 Å². The Balaban J connectivity index is 1.22. The van der Waals surface area contributed by atoms with Crippen molar-refractivity contribution in [2.45, 2.75) is 50.6 Å². The van der Waals surface area contributed by atoms with Crippen molar-refractivity contribution >= 4 is 21.4 Å². The van der Waals surface area contributed by atoms with Crippen molar-refractivity contribution in [3.8, 4) is 0 Å². The number of sulfonamides is 1. The number of piperazine rings is 1. The minimum atomic E-state index is -3.14. The molecule has 4 saturated carbocycles. The number of H-pyrrole nitrogens is 1. The Morgan fingerprint density at radius 2 is 1.73 bits per heavy atom. The van der Waals surface area contributed by atoms with Gasteiger partial charge in [0.15, 0.2) is 11.2 Å². The van der Waals surface area contributed by atoms with Crippen molar-refractivity contribution in [1.29, 1.82) is 0 Å². The highest BCUT2D eigenvalue weighted by atomic mass is 32.2. The van der Waals surface area contributed by atoms with Crippen LogP contribution in [0.5, 0.6) is 0 Å². The van der Waals surface area contributed by atoms with E-state index in [9.17, 15) is 13.2 Å². The summed E-state index contributed by atoms with van der Waals surface area (Å²) in [5.74, 6) is 2.93. The van der Waals surface area contributed by atoms with Crippen LogP contribution in [0.1, 0.15) is 54.8 Å². The monoisotopic (exact) mass is 472 g/mol. The second-order valence-electron chi connectivity index (χ2n) is 11.0. The van der Waals surface area contributed by atoms with Gasteiger partial charge in [-0.3, -0.25) is 9.69 Å². The Bertz CT molecular complexity index is 1150. The molecule has 4 aliphatic carbocycles. The highest BCUT2D eigenvalue weighted by Gasteiger charge is 2.52. The molecule has 8 nitrogen and oxygen atoms in total. The van der Waals surface area contributed by atoms with Gasteiger partial charge in [0.2, 0.25) is 10.0 Å². The molecule has 0 atom stereocenters. The average molecular weight is 473 g/mol. The SMILES string of the molecule is CS(=O)(=O)N1CCN(Cc2[nH]c(C(=O)NC34CC5CC(CC(C5)C3)C4)[n+]3ccccc23)CC1. The van der Waals surface area contributed by atoms with E-state index in [1.54, 1.807) is 0 Å². The van der Waals surface area contributed by atoms with Gasteiger partial charge >= 0.3 is 11.7 Å². The highest BCUT2D eigenvalue weighted by Crippen LogP contribution is 2.55. The van der Waals surface area contributed by atoms with E-state index in [0.29, 0.717) is 38.5 Å². The predicted octanol–water partition coefficient (Wildman–Crippen LogP) is 1.53. The summed E-state index contributed by atoms with van der Waals surface area (Å²) in [5.41, 5.74) is 1.97. The quantitative estimate of drug-likeness (QED) is 0.646.